The van der Waals surface area contributed by atoms with E-state index in [-0.39, 0.29) is 11.1 Å². The Bertz CT molecular complexity index is 1380. The Hall–Kier alpha value is -4.08. The summed E-state index contributed by atoms with van der Waals surface area (Å²) >= 11 is 0. The lowest BCUT2D eigenvalue weighted by Crippen LogP contribution is -2.27. The molecule has 0 spiro atoms. The highest BCUT2D eigenvalue weighted by Crippen LogP contribution is 2.36. The number of nitro groups is 1. The second-order valence-corrected chi connectivity index (χ2v) is 9.60. The maximum Gasteiger partial charge on any atom is 0.270 e. The summed E-state index contributed by atoms with van der Waals surface area (Å²) in [4.78, 5) is 18.2. The number of hydrogen-bond donors (Lipinski definition) is 0. The van der Waals surface area contributed by atoms with Crippen LogP contribution in [0.3, 0.4) is 0 Å². The van der Waals surface area contributed by atoms with E-state index in [0.29, 0.717) is 28.7 Å². The summed E-state index contributed by atoms with van der Waals surface area (Å²) in [5.74, 6) is 1.28. The standard InChI is InChI=1S/C26H31N7O3/c1-8-31(9-2)17-10-12-20(16(3)14-17)27-22-23(26(4,5)6)30-32-24(28-29-25(22)32)19-15-18(33(34)35)11-13-21(19)36-7/h10-15H,8-9H2,1-7H3/b27-22-. The fourth-order valence-corrected chi connectivity index (χ4v) is 4.21. The quantitative estimate of drug-likeness (QED) is 0.324. The number of hydrogen-bond acceptors (Lipinski definition) is 8. The molecule has 0 unspecified atom stereocenters. The van der Waals surface area contributed by atoms with Gasteiger partial charge in [-0.25, -0.2) is 4.99 Å². The van der Waals surface area contributed by atoms with Crippen molar-refractivity contribution in [3.05, 3.63) is 57.9 Å². The van der Waals surface area contributed by atoms with Crippen LogP contribution in [0.4, 0.5) is 17.1 Å². The van der Waals surface area contributed by atoms with Gasteiger partial charge in [0.25, 0.3) is 5.69 Å². The highest BCUT2D eigenvalue weighted by atomic mass is 16.6. The predicted octanol–water partition coefficient (Wildman–Crippen LogP) is 5.40. The van der Waals surface area contributed by atoms with Crippen molar-refractivity contribution in [2.75, 3.05) is 25.1 Å². The maximum absolute atomic E-state index is 11.4. The molecule has 4 rings (SSSR count). The van der Waals surface area contributed by atoms with Gasteiger partial charge in [0.2, 0.25) is 5.82 Å². The van der Waals surface area contributed by atoms with Crippen LogP contribution in [0.2, 0.25) is 0 Å². The first-order valence-corrected chi connectivity index (χ1v) is 11.9. The number of methoxy groups -OCH3 is 1. The Kier molecular flexibility index (Phi) is 6.62. The summed E-state index contributed by atoms with van der Waals surface area (Å²) in [6.45, 7) is 14.4. The highest BCUT2D eigenvalue weighted by molar-refractivity contribution is 6.50. The third kappa shape index (κ3) is 4.46. The number of non-ortho nitro benzene ring substituents is 1. The number of anilines is 1. The number of aromatic nitrogens is 3. The molecular formula is C26H31N7O3. The summed E-state index contributed by atoms with van der Waals surface area (Å²) in [6, 6.07) is 10.6. The number of benzene rings is 2. The van der Waals surface area contributed by atoms with E-state index in [9.17, 15) is 10.1 Å². The molecule has 10 heteroatoms. The van der Waals surface area contributed by atoms with Crippen LogP contribution in [0, 0.1) is 22.5 Å². The van der Waals surface area contributed by atoms with Gasteiger partial charge in [0.05, 0.1) is 29.0 Å². The van der Waals surface area contributed by atoms with Crippen molar-refractivity contribution in [2.24, 2.45) is 15.5 Å². The number of aryl methyl sites for hydroxylation is 1. The van der Waals surface area contributed by atoms with E-state index in [0.717, 1.165) is 35.7 Å². The number of nitro benzene ring substituents is 1. The van der Waals surface area contributed by atoms with Crippen LogP contribution < -0.4 is 9.64 Å². The van der Waals surface area contributed by atoms with Crippen LogP contribution in [0.1, 0.15) is 46.0 Å². The molecule has 0 aliphatic carbocycles. The summed E-state index contributed by atoms with van der Waals surface area (Å²) < 4.78 is 7.06. The molecule has 1 aliphatic rings. The van der Waals surface area contributed by atoms with Crippen molar-refractivity contribution in [1.29, 1.82) is 0 Å². The van der Waals surface area contributed by atoms with Crippen LogP contribution in [-0.4, -0.2) is 51.4 Å². The fourth-order valence-electron chi connectivity index (χ4n) is 4.21. The SMILES string of the molecule is CCN(CC)c1ccc(/N=C2/C(C(C)(C)C)=Nn3c2nnc3-c2cc([N+](=O)[O-])ccc2OC)c(C)c1. The molecule has 0 atom stereocenters. The topological polar surface area (TPSA) is 111 Å². The molecule has 0 N–H and O–H groups in total. The Morgan fingerprint density at radius 2 is 1.78 bits per heavy atom. The van der Waals surface area contributed by atoms with Gasteiger partial charge in [-0.2, -0.15) is 9.78 Å². The molecule has 0 bridgehead atoms. The van der Waals surface area contributed by atoms with Gasteiger partial charge in [-0.3, -0.25) is 10.1 Å². The second-order valence-electron chi connectivity index (χ2n) is 9.60. The molecule has 188 valence electrons. The number of aliphatic imine (C=N–C) groups is 1. The summed E-state index contributed by atoms with van der Waals surface area (Å²) in [5.41, 5.74) is 4.43. The molecule has 0 saturated carbocycles. The summed E-state index contributed by atoms with van der Waals surface area (Å²) in [6.07, 6.45) is 0. The van der Waals surface area contributed by atoms with Gasteiger partial charge in [-0.05, 0) is 50.6 Å². The van der Waals surface area contributed by atoms with Crippen LogP contribution >= 0.6 is 0 Å². The van der Waals surface area contributed by atoms with Crippen LogP contribution in [0.15, 0.2) is 46.5 Å². The molecule has 2 heterocycles. The first-order chi connectivity index (χ1) is 17.1. The lowest BCUT2D eigenvalue weighted by atomic mass is 9.87. The molecule has 0 amide bonds. The number of nitrogens with zero attached hydrogens (tertiary/aromatic N) is 7. The molecule has 1 aromatic heterocycles. The van der Waals surface area contributed by atoms with Crippen molar-refractivity contribution >= 4 is 28.5 Å². The summed E-state index contributed by atoms with van der Waals surface area (Å²) in [7, 11) is 1.51. The average molecular weight is 490 g/mol. The molecular weight excluding hydrogens is 458 g/mol. The van der Waals surface area contributed by atoms with Crippen molar-refractivity contribution in [3.63, 3.8) is 0 Å². The van der Waals surface area contributed by atoms with Crippen LogP contribution in [-0.2, 0) is 0 Å². The number of rotatable bonds is 7. The largest absolute Gasteiger partial charge is 0.496 e. The normalized spacial score (nSPS) is 14.1. The lowest BCUT2D eigenvalue weighted by Gasteiger charge is -2.22. The zero-order chi connectivity index (χ0) is 26.2. The van der Waals surface area contributed by atoms with Gasteiger partial charge in [0.1, 0.15) is 11.5 Å². The van der Waals surface area contributed by atoms with E-state index in [1.807, 2.05) is 13.0 Å². The molecule has 2 aromatic carbocycles. The first kappa shape index (κ1) is 25.0. The first-order valence-electron chi connectivity index (χ1n) is 11.9. The second kappa shape index (κ2) is 9.52. The lowest BCUT2D eigenvalue weighted by molar-refractivity contribution is -0.384. The smallest absolute Gasteiger partial charge is 0.270 e. The monoisotopic (exact) mass is 489 g/mol. The van der Waals surface area contributed by atoms with Crippen LogP contribution in [0.25, 0.3) is 11.4 Å². The molecule has 0 fully saturated rings. The van der Waals surface area contributed by atoms with Gasteiger partial charge >= 0.3 is 0 Å². The number of fused-ring (bicyclic) bond motifs is 1. The minimum atomic E-state index is -0.453. The van der Waals surface area contributed by atoms with E-state index in [2.05, 4.69) is 61.8 Å². The van der Waals surface area contributed by atoms with E-state index < -0.39 is 4.92 Å². The molecule has 0 radical (unpaired) electrons. The van der Waals surface area contributed by atoms with Crippen molar-refractivity contribution < 1.29 is 9.66 Å². The van der Waals surface area contributed by atoms with Gasteiger partial charge in [-0.15, -0.1) is 10.2 Å². The van der Waals surface area contributed by atoms with E-state index in [1.54, 1.807) is 10.7 Å². The Morgan fingerprint density at radius 3 is 2.36 bits per heavy atom. The number of ether oxygens (including phenoxy) is 1. The van der Waals surface area contributed by atoms with Crippen LogP contribution in [0.5, 0.6) is 5.75 Å². The van der Waals surface area contributed by atoms with E-state index in [1.165, 1.54) is 19.2 Å². The zero-order valence-corrected chi connectivity index (χ0v) is 21.7. The third-order valence-electron chi connectivity index (χ3n) is 6.16. The molecule has 0 saturated heterocycles. The maximum atomic E-state index is 11.4. The predicted molar refractivity (Wildman–Crippen MR) is 142 cm³/mol. The van der Waals surface area contributed by atoms with Crippen molar-refractivity contribution in [2.45, 2.75) is 41.5 Å². The zero-order valence-electron chi connectivity index (χ0n) is 21.7. The van der Waals surface area contributed by atoms with E-state index >= 15 is 0 Å². The summed E-state index contributed by atoms with van der Waals surface area (Å²) in [5, 5.41) is 25.0. The minimum Gasteiger partial charge on any atom is -0.496 e. The molecule has 10 nitrogen and oxygen atoms in total. The highest BCUT2D eigenvalue weighted by Gasteiger charge is 2.36. The van der Waals surface area contributed by atoms with Gasteiger partial charge in [0, 0.05) is 36.3 Å². The van der Waals surface area contributed by atoms with Crippen molar-refractivity contribution in [1.82, 2.24) is 14.9 Å². The fraction of sp³-hybridized carbons (Fsp3) is 0.385. The molecule has 1 aliphatic heterocycles. The minimum absolute atomic E-state index is 0.0704. The average Bonchev–Trinajstić information content (AvgIpc) is 3.41. The van der Waals surface area contributed by atoms with Crippen molar-refractivity contribution in [3.8, 4) is 17.1 Å². The molecule has 36 heavy (non-hydrogen) atoms. The Balaban J connectivity index is 1.86. The van der Waals surface area contributed by atoms with Gasteiger partial charge in [0.15, 0.2) is 5.82 Å². The van der Waals surface area contributed by atoms with E-state index in [4.69, 9.17) is 14.8 Å². The molecule has 3 aromatic rings. The Labute approximate surface area is 210 Å². The third-order valence-corrected chi connectivity index (χ3v) is 6.16. The van der Waals surface area contributed by atoms with Gasteiger partial charge < -0.3 is 9.64 Å². The van der Waals surface area contributed by atoms with Gasteiger partial charge in [-0.1, -0.05) is 20.8 Å². The Morgan fingerprint density at radius 1 is 1.08 bits per heavy atom.